The van der Waals surface area contributed by atoms with Crippen molar-refractivity contribution in [1.82, 2.24) is 0 Å². The largest absolute Gasteiger partial charge is 0.0649 e. The minimum atomic E-state index is 0.430. The molecule has 0 spiro atoms. The van der Waals surface area contributed by atoms with Gasteiger partial charge in [-0.05, 0) is 22.2 Å². The zero-order chi connectivity index (χ0) is 13.2. The molecule has 0 saturated heterocycles. The van der Waals surface area contributed by atoms with Gasteiger partial charge < -0.3 is 0 Å². The summed E-state index contributed by atoms with van der Waals surface area (Å²) in [7, 11) is 0. The molecular weight excluding hydrogens is 192 g/mol. The molecule has 0 heteroatoms. The van der Waals surface area contributed by atoms with Crippen LogP contribution in [0.4, 0.5) is 0 Å². The Balaban J connectivity index is 5.40. The Morgan fingerprint density at radius 3 is 0.875 bits per heavy atom. The SMILES string of the molecule is CCC(C)(C)C(C(C)(C)CC)C(C)(C)CC. The molecule has 0 atom stereocenters. The Bertz CT molecular complexity index is 170. The summed E-state index contributed by atoms with van der Waals surface area (Å²) >= 11 is 0. The van der Waals surface area contributed by atoms with Gasteiger partial charge in [0.15, 0.2) is 0 Å². The van der Waals surface area contributed by atoms with E-state index in [4.69, 9.17) is 0 Å². The second-order valence-electron chi connectivity index (χ2n) is 7.46. The molecule has 0 aromatic rings. The van der Waals surface area contributed by atoms with Crippen molar-refractivity contribution >= 4 is 0 Å². The van der Waals surface area contributed by atoms with Crippen molar-refractivity contribution in [2.24, 2.45) is 22.2 Å². The molecular formula is C16H34. The van der Waals surface area contributed by atoms with E-state index in [1.165, 1.54) is 19.3 Å². The number of hydrogen-bond acceptors (Lipinski definition) is 0. The van der Waals surface area contributed by atoms with Crippen LogP contribution >= 0.6 is 0 Å². The van der Waals surface area contributed by atoms with Crippen LogP contribution in [0.2, 0.25) is 0 Å². The lowest BCUT2D eigenvalue weighted by Crippen LogP contribution is -2.45. The highest BCUT2D eigenvalue weighted by Crippen LogP contribution is 2.54. The van der Waals surface area contributed by atoms with Crippen LogP contribution in [0, 0.1) is 22.2 Å². The highest BCUT2D eigenvalue weighted by Gasteiger charge is 2.46. The molecule has 0 bridgehead atoms. The predicted octanol–water partition coefficient (Wildman–Crippen LogP) is 5.91. The maximum Gasteiger partial charge on any atom is -0.0260 e. The van der Waals surface area contributed by atoms with E-state index in [2.05, 4.69) is 62.3 Å². The van der Waals surface area contributed by atoms with Crippen LogP contribution < -0.4 is 0 Å². The van der Waals surface area contributed by atoms with Gasteiger partial charge in [0.05, 0.1) is 0 Å². The highest BCUT2D eigenvalue weighted by molar-refractivity contribution is 4.95. The summed E-state index contributed by atoms with van der Waals surface area (Å²) in [5.74, 6) is 0.771. The average molecular weight is 226 g/mol. The molecule has 0 heterocycles. The zero-order valence-corrected chi connectivity index (χ0v) is 13.2. The second-order valence-corrected chi connectivity index (χ2v) is 7.46. The molecule has 0 aliphatic heterocycles. The van der Waals surface area contributed by atoms with Crippen molar-refractivity contribution in [2.45, 2.75) is 81.6 Å². The van der Waals surface area contributed by atoms with E-state index in [9.17, 15) is 0 Å². The normalized spacial score (nSPS) is 14.6. The van der Waals surface area contributed by atoms with Crippen molar-refractivity contribution in [3.63, 3.8) is 0 Å². The van der Waals surface area contributed by atoms with Gasteiger partial charge in [0.25, 0.3) is 0 Å². The predicted molar refractivity (Wildman–Crippen MR) is 75.7 cm³/mol. The lowest BCUT2D eigenvalue weighted by molar-refractivity contribution is -0.0342. The van der Waals surface area contributed by atoms with Gasteiger partial charge in [-0.3, -0.25) is 0 Å². The molecule has 0 rings (SSSR count). The van der Waals surface area contributed by atoms with Gasteiger partial charge in [0, 0.05) is 0 Å². The summed E-state index contributed by atoms with van der Waals surface area (Å²) in [6.45, 7) is 21.7. The monoisotopic (exact) mass is 226 g/mol. The molecule has 0 nitrogen and oxygen atoms in total. The van der Waals surface area contributed by atoms with Crippen LogP contribution in [0.1, 0.15) is 81.6 Å². The molecule has 0 radical (unpaired) electrons. The molecule has 16 heavy (non-hydrogen) atoms. The fourth-order valence-corrected chi connectivity index (χ4v) is 3.79. The molecule has 98 valence electrons. The topological polar surface area (TPSA) is 0 Å². The van der Waals surface area contributed by atoms with Crippen molar-refractivity contribution in [3.8, 4) is 0 Å². The van der Waals surface area contributed by atoms with Crippen LogP contribution in [0.25, 0.3) is 0 Å². The Hall–Kier alpha value is 0. The Morgan fingerprint density at radius 2 is 0.750 bits per heavy atom. The number of rotatable bonds is 6. The minimum absolute atomic E-state index is 0.430. The summed E-state index contributed by atoms with van der Waals surface area (Å²) in [6, 6.07) is 0. The Labute approximate surface area is 104 Å². The first-order chi connectivity index (χ1) is 7.05. The van der Waals surface area contributed by atoms with Crippen LogP contribution in [0.3, 0.4) is 0 Å². The summed E-state index contributed by atoms with van der Waals surface area (Å²) in [4.78, 5) is 0. The third-order valence-corrected chi connectivity index (χ3v) is 5.08. The second kappa shape index (κ2) is 5.10. The zero-order valence-electron chi connectivity index (χ0n) is 13.2. The Kier molecular flexibility index (Phi) is 5.10. The van der Waals surface area contributed by atoms with Gasteiger partial charge in [0.1, 0.15) is 0 Å². The summed E-state index contributed by atoms with van der Waals surface area (Å²) < 4.78 is 0. The van der Waals surface area contributed by atoms with E-state index in [0.29, 0.717) is 16.2 Å². The number of hydrogen-bond donors (Lipinski definition) is 0. The van der Waals surface area contributed by atoms with Crippen molar-refractivity contribution in [1.29, 1.82) is 0 Å². The standard InChI is InChI=1S/C16H34/c1-10-14(4,5)13(15(6,7)11-2)16(8,9)12-3/h13H,10-12H2,1-9H3. The van der Waals surface area contributed by atoms with Crippen molar-refractivity contribution in [2.75, 3.05) is 0 Å². The third kappa shape index (κ3) is 3.25. The van der Waals surface area contributed by atoms with Gasteiger partial charge in [-0.1, -0.05) is 81.6 Å². The van der Waals surface area contributed by atoms with E-state index in [-0.39, 0.29) is 0 Å². The highest BCUT2D eigenvalue weighted by atomic mass is 14.5. The van der Waals surface area contributed by atoms with Crippen LogP contribution in [0.15, 0.2) is 0 Å². The van der Waals surface area contributed by atoms with E-state index < -0.39 is 0 Å². The van der Waals surface area contributed by atoms with Gasteiger partial charge in [0.2, 0.25) is 0 Å². The molecule has 0 amide bonds. The fourth-order valence-electron chi connectivity index (χ4n) is 3.79. The fraction of sp³-hybridized carbons (Fsp3) is 1.00. The minimum Gasteiger partial charge on any atom is -0.0649 e. The molecule has 0 N–H and O–H groups in total. The first-order valence-corrected chi connectivity index (χ1v) is 7.05. The van der Waals surface area contributed by atoms with Gasteiger partial charge in [-0.2, -0.15) is 0 Å². The molecule has 0 aliphatic rings. The van der Waals surface area contributed by atoms with Crippen LogP contribution in [-0.2, 0) is 0 Å². The average Bonchev–Trinajstić information content (AvgIpc) is 2.16. The maximum atomic E-state index is 2.45. The van der Waals surface area contributed by atoms with E-state index in [1.54, 1.807) is 0 Å². The van der Waals surface area contributed by atoms with E-state index in [0.717, 1.165) is 5.92 Å². The molecule has 0 aromatic heterocycles. The van der Waals surface area contributed by atoms with Gasteiger partial charge in [-0.25, -0.2) is 0 Å². The quantitative estimate of drug-likeness (QED) is 0.528. The smallest absolute Gasteiger partial charge is 0.0260 e. The maximum absolute atomic E-state index is 2.45. The molecule has 0 fully saturated rings. The van der Waals surface area contributed by atoms with Crippen LogP contribution in [-0.4, -0.2) is 0 Å². The van der Waals surface area contributed by atoms with Gasteiger partial charge in [-0.15, -0.1) is 0 Å². The molecule has 0 aliphatic carbocycles. The molecule has 0 saturated carbocycles. The van der Waals surface area contributed by atoms with E-state index in [1.807, 2.05) is 0 Å². The van der Waals surface area contributed by atoms with Gasteiger partial charge >= 0.3 is 0 Å². The first-order valence-electron chi connectivity index (χ1n) is 7.05. The summed E-state index contributed by atoms with van der Waals surface area (Å²) in [6.07, 6.45) is 3.81. The lowest BCUT2D eigenvalue weighted by atomic mass is 9.52. The lowest BCUT2D eigenvalue weighted by Gasteiger charge is -2.52. The summed E-state index contributed by atoms with van der Waals surface area (Å²) in [5.41, 5.74) is 1.29. The van der Waals surface area contributed by atoms with Crippen molar-refractivity contribution in [3.05, 3.63) is 0 Å². The molecule has 0 aromatic carbocycles. The Morgan fingerprint density at radius 1 is 0.562 bits per heavy atom. The summed E-state index contributed by atoms with van der Waals surface area (Å²) in [5, 5.41) is 0. The first kappa shape index (κ1) is 16.0. The van der Waals surface area contributed by atoms with E-state index >= 15 is 0 Å². The molecule has 0 unspecified atom stereocenters. The van der Waals surface area contributed by atoms with Crippen LogP contribution in [0.5, 0.6) is 0 Å². The van der Waals surface area contributed by atoms with Crippen molar-refractivity contribution < 1.29 is 0 Å². The third-order valence-electron chi connectivity index (χ3n) is 5.08.